The summed E-state index contributed by atoms with van der Waals surface area (Å²) in [6.07, 6.45) is 4.75. The fraction of sp³-hybridized carbons (Fsp3) is 0.300. The fourth-order valence-electron chi connectivity index (χ4n) is 3.68. The molecule has 1 aromatic heterocycles. The molecule has 2 aliphatic rings. The summed E-state index contributed by atoms with van der Waals surface area (Å²) in [5.74, 6) is -3.31. The molecular weight excluding hydrogens is 400 g/mol. The number of imide groups is 1. The number of rotatable bonds is 4. The monoisotopic (exact) mass is 417 g/mol. The average Bonchev–Trinajstić information content (AvgIpc) is 3.26. The number of likely N-dealkylation sites (tertiary alicyclic amines) is 1. The lowest BCUT2D eigenvalue weighted by Crippen LogP contribution is -2.46. The van der Waals surface area contributed by atoms with Crippen LogP contribution in [0, 0.1) is 23.5 Å². The minimum Gasteiger partial charge on any atom is -0.300 e. The standard InChI is InChI=1S/C20H17F2N3O3S/c1-10(25-18(27)12-4-2-3-5-13(12)19(25)28)17(26)24-20-23-16(9-29-20)14-8-11(21)6-7-15(14)22/h2-3,6-10,12-13H,4-5H2,1H3,(H,23,24,26)/t10-,12-,13+/m0/s1. The van der Waals surface area contributed by atoms with E-state index < -0.39 is 35.4 Å². The number of carbonyl (C=O) groups excluding carboxylic acids is 3. The van der Waals surface area contributed by atoms with Crippen molar-refractivity contribution < 1.29 is 23.2 Å². The zero-order valence-corrected chi connectivity index (χ0v) is 16.2. The number of carbonyl (C=O) groups is 3. The SMILES string of the molecule is C[C@@H](C(=O)Nc1nc(-c2cc(F)ccc2F)cs1)N1C(=O)[C@H]2CC=CC[C@H]2C1=O. The van der Waals surface area contributed by atoms with Crippen molar-refractivity contribution in [1.82, 2.24) is 9.88 Å². The molecule has 0 bridgehead atoms. The molecule has 4 rings (SSSR count). The van der Waals surface area contributed by atoms with Gasteiger partial charge in [-0.15, -0.1) is 11.3 Å². The fourth-order valence-corrected chi connectivity index (χ4v) is 4.40. The van der Waals surface area contributed by atoms with Gasteiger partial charge >= 0.3 is 0 Å². The molecule has 1 saturated heterocycles. The number of allylic oxidation sites excluding steroid dienone is 2. The third kappa shape index (κ3) is 3.46. The van der Waals surface area contributed by atoms with Gasteiger partial charge in [-0.1, -0.05) is 12.2 Å². The van der Waals surface area contributed by atoms with Gasteiger partial charge in [0.2, 0.25) is 17.7 Å². The predicted molar refractivity (Wildman–Crippen MR) is 103 cm³/mol. The largest absolute Gasteiger partial charge is 0.300 e. The van der Waals surface area contributed by atoms with E-state index in [4.69, 9.17) is 0 Å². The van der Waals surface area contributed by atoms with Crippen molar-refractivity contribution in [3.05, 3.63) is 47.4 Å². The smallest absolute Gasteiger partial charge is 0.249 e. The Hall–Kier alpha value is -2.94. The van der Waals surface area contributed by atoms with Crippen LogP contribution in [0.2, 0.25) is 0 Å². The molecule has 6 nitrogen and oxygen atoms in total. The topological polar surface area (TPSA) is 79.4 Å². The van der Waals surface area contributed by atoms with Gasteiger partial charge in [0.1, 0.15) is 17.7 Å². The first-order chi connectivity index (χ1) is 13.9. The van der Waals surface area contributed by atoms with Crippen LogP contribution in [0.5, 0.6) is 0 Å². The minimum absolute atomic E-state index is 0.0173. The third-order valence-electron chi connectivity index (χ3n) is 5.25. The second-order valence-electron chi connectivity index (χ2n) is 7.03. The highest BCUT2D eigenvalue weighted by molar-refractivity contribution is 7.14. The van der Waals surface area contributed by atoms with Crippen molar-refractivity contribution in [2.24, 2.45) is 11.8 Å². The molecule has 2 heterocycles. The Morgan fingerprint density at radius 1 is 1.21 bits per heavy atom. The zero-order valence-electron chi connectivity index (χ0n) is 15.4. The summed E-state index contributed by atoms with van der Waals surface area (Å²) in [5, 5.41) is 4.21. The summed E-state index contributed by atoms with van der Waals surface area (Å²) in [6, 6.07) is 2.03. The number of benzene rings is 1. The normalized spacial score (nSPS) is 22.0. The molecule has 9 heteroatoms. The van der Waals surface area contributed by atoms with Crippen LogP contribution in [0.15, 0.2) is 35.7 Å². The van der Waals surface area contributed by atoms with Crippen LogP contribution in [0.1, 0.15) is 19.8 Å². The summed E-state index contributed by atoms with van der Waals surface area (Å²) >= 11 is 1.04. The summed E-state index contributed by atoms with van der Waals surface area (Å²) in [6.45, 7) is 1.48. The van der Waals surface area contributed by atoms with E-state index in [1.165, 1.54) is 12.3 Å². The van der Waals surface area contributed by atoms with Gasteiger partial charge in [0.05, 0.1) is 17.5 Å². The number of fused-ring (bicyclic) bond motifs is 1. The van der Waals surface area contributed by atoms with E-state index in [0.717, 1.165) is 34.4 Å². The Bertz CT molecular complexity index is 1010. The molecule has 1 aliphatic heterocycles. The molecule has 1 aromatic carbocycles. The summed E-state index contributed by atoms with van der Waals surface area (Å²) in [7, 11) is 0. The molecule has 150 valence electrons. The number of anilines is 1. The lowest BCUT2D eigenvalue weighted by atomic mass is 9.85. The molecule has 1 aliphatic carbocycles. The van der Waals surface area contributed by atoms with Crippen LogP contribution >= 0.6 is 11.3 Å². The number of hydrogen-bond donors (Lipinski definition) is 1. The van der Waals surface area contributed by atoms with Crippen LogP contribution in [0.4, 0.5) is 13.9 Å². The number of amides is 3. The van der Waals surface area contributed by atoms with Gasteiger partial charge in [0.15, 0.2) is 5.13 Å². The Balaban J connectivity index is 1.49. The second kappa shape index (κ2) is 7.47. The summed E-state index contributed by atoms with van der Waals surface area (Å²) in [4.78, 5) is 43.0. The maximum absolute atomic E-state index is 13.9. The van der Waals surface area contributed by atoms with E-state index >= 15 is 0 Å². The molecule has 0 radical (unpaired) electrons. The molecule has 1 N–H and O–H groups in total. The lowest BCUT2D eigenvalue weighted by Gasteiger charge is -2.21. The molecule has 0 saturated carbocycles. The van der Waals surface area contributed by atoms with Crippen molar-refractivity contribution in [1.29, 1.82) is 0 Å². The second-order valence-corrected chi connectivity index (χ2v) is 7.89. The maximum Gasteiger partial charge on any atom is 0.249 e. The number of nitrogens with one attached hydrogen (secondary N) is 1. The molecule has 3 amide bonds. The molecule has 1 fully saturated rings. The molecule has 3 atom stereocenters. The first-order valence-corrected chi connectivity index (χ1v) is 9.98. The van der Waals surface area contributed by atoms with E-state index in [2.05, 4.69) is 10.3 Å². The third-order valence-corrected chi connectivity index (χ3v) is 6.00. The Kier molecular flexibility index (Phi) is 4.99. The lowest BCUT2D eigenvalue weighted by molar-refractivity contribution is -0.146. The molecule has 29 heavy (non-hydrogen) atoms. The van der Waals surface area contributed by atoms with Crippen LogP contribution < -0.4 is 5.32 Å². The van der Waals surface area contributed by atoms with Crippen molar-refractivity contribution in [2.45, 2.75) is 25.8 Å². The van der Waals surface area contributed by atoms with Gasteiger partial charge in [-0.05, 0) is 38.0 Å². The maximum atomic E-state index is 13.9. The quantitative estimate of drug-likeness (QED) is 0.611. The van der Waals surface area contributed by atoms with Gasteiger partial charge < -0.3 is 5.32 Å². The number of halogens is 2. The number of thiazole rings is 1. The highest BCUT2D eigenvalue weighted by Crippen LogP contribution is 2.36. The summed E-state index contributed by atoms with van der Waals surface area (Å²) < 4.78 is 27.3. The minimum atomic E-state index is -1.00. The van der Waals surface area contributed by atoms with E-state index in [-0.39, 0.29) is 28.2 Å². The highest BCUT2D eigenvalue weighted by atomic mass is 32.1. The van der Waals surface area contributed by atoms with Crippen LogP contribution in [0.25, 0.3) is 11.3 Å². The van der Waals surface area contributed by atoms with Crippen LogP contribution in [-0.4, -0.2) is 33.6 Å². The number of aromatic nitrogens is 1. The van der Waals surface area contributed by atoms with E-state index in [1.54, 1.807) is 0 Å². The van der Waals surface area contributed by atoms with Gasteiger partial charge in [-0.2, -0.15) is 0 Å². The van der Waals surface area contributed by atoms with E-state index in [9.17, 15) is 23.2 Å². The number of nitrogens with zero attached hydrogens (tertiary/aromatic N) is 2. The molecule has 0 unspecified atom stereocenters. The van der Waals surface area contributed by atoms with E-state index in [1.807, 2.05) is 12.2 Å². The first-order valence-electron chi connectivity index (χ1n) is 9.10. The van der Waals surface area contributed by atoms with Crippen molar-refractivity contribution in [3.8, 4) is 11.3 Å². The van der Waals surface area contributed by atoms with Crippen molar-refractivity contribution >= 4 is 34.2 Å². The highest BCUT2D eigenvalue weighted by Gasteiger charge is 2.50. The Morgan fingerprint density at radius 2 is 1.86 bits per heavy atom. The molecule has 2 aromatic rings. The van der Waals surface area contributed by atoms with Crippen molar-refractivity contribution in [3.63, 3.8) is 0 Å². The Morgan fingerprint density at radius 3 is 2.52 bits per heavy atom. The van der Waals surface area contributed by atoms with Gasteiger partial charge in [0, 0.05) is 10.9 Å². The average molecular weight is 417 g/mol. The van der Waals surface area contributed by atoms with Crippen LogP contribution in [0.3, 0.4) is 0 Å². The van der Waals surface area contributed by atoms with Gasteiger partial charge in [-0.3, -0.25) is 19.3 Å². The molecular formula is C20H17F2N3O3S. The Labute approximate surface area is 169 Å². The van der Waals surface area contributed by atoms with Gasteiger partial charge in [0.25, 0.3) is 0 Å². The number of hydrogen-bond acceptors (Lipinski definition) is 5. The molecule has 0 spiro atoms. The predicted octanol–water partition coefficient (Wildman–Crippen LogP) is 3.37. The first kappa shape index (κ1) is 19.4. The van der Waals surface area contributed by atoms with Crippen LogP contribution in [-0.2, 0) is 14.4 Å². The van der Waals surface area contributed by atoms with E-state index in [0.29, 0.717) is 12.8 Å². The summed E-state index contributed by atoms with van der Waals surface area (Å²) in [5.41, 5.74) is 0.164. The van der Waals surface area contributed by atoms with Crippen molar-refractivity contribution in [2.75, 3.05) is 5.32 Å². The van der Waals surface area contributed by atoms with Gasteiger partial charge in [-0.25, -0.2) is 13.8 Å². The zero-order chi connectivity index (χ0) is 20.7.